The van der Waals surface area contributed by atoms with E-state index in [1.165, 1.54) is 18.4 Å². The van der Waals surface area contributed by atoms with Crippen LogP contribution < -0.4 is 5.32 Å². The van der Waals surface area contributed by atoms with Crippen LogP contribution in [0.25, 0.3) is 0 Å². The second-order valence-corrected chi connectivity index (χ2v) is 5.44. The molecule has 18 heavy (non-hydrogen) atoms. The molecule has 0 bridgehead atoms. The van der Waals surface area contributed by atoms with Gasteiger partial charge in [0, 0.05) is 31.3 Å². The fourth-order valence-corrected chi connectivity index (χ4v) is 2.53. The first-order valence-corrected chi connectivity index (χ1v) is 7.16. The van der Waals surface area contributed by atoms with Gasteiger partial charge >= 0.3 is 0 Å². The number of nitrogens with one attached hydrogen (secondary N) is 1. The minimum absolute atomic E-state index is 0.495. The lowest BCUT2D eigenvalue weighted by Gasteiger charge is -2.19. The highest BCUT2D eigenvalue weighted by molar-refractivity contribution is 6.31. The first-order valence-electron chi connectivity index (χ1n) is 6.78. The summed E-state index contributed by atoms with van der Waals surface area (Å²) in [5.74, 6) is 0.495. The van der Waals surface area contributed by atoms with Crippen molar-refractivity contribution in [3.8, 4) is 0 Å². The minimum atomic E-state index is 0.495. The molecule has 1 aliphatic rings. The van der Waals surface area contributed by atoms with Crippen LogP contribution in [0.4, 0.5) is 0 Å². The number of hydrogen-bond donors (Lipinski definition) is 1. The Morgan fingerprint density at radius 1 is 1.39 bits per heavy atom. The van der Waals surface area contributed by atoms with Crippen LogP contribution in [-0.2, 0) is 4.74 Å². The summed E-state index contributed by atoms with van der Waals surface area (Å²) in [5.41, 5.74) is 1.27. The molecule has 0 spiro atoms. The van der Waals surface area contributed by atoms with Crippen molar-refractivity contribution in [1.29, 1.82) is 0 Å². The lowest BCUT2D eigenvalue weighted by atomic mass is 9.94. The van der Waals surface area contributed by atoms with Gasteiger partial charge in [-0.3, -0.25) is 0 Å². The van der Waals surface area contributed by atoms with Gasteiger partial charge in [0.15, 0.2) is 0 Å². The van der Waals surface area contributed by atoms with Crippen molar-refractivity contribution < 1.29 is 4.74 Å². The maximum atomic E-state index is 6.30. The second kappa shape index (κ2) is 7.13. The third kappa shape index (κ3) is 4.27. The molecule has 1 aliphatic carbocycles. The van der Waals surface area contributed by atoms with Gasteiger partial charge in [-0.25, -0.2) is 0 Å². The van der Waals surface area contributed by atoms with Gasteiger partial charge in [-0.1, -0.05) is 29.8 Å². The zero-order chi connectivity index (χ0) is 12.8. The molecule has 1 fully saturated rings. The van der Waals surface area contributed by atoms with Crippen LogP contribution in [0.2, 0.25) is 5.02 Å². The second-order valence-electron chi connectivity index (χ2n) is 5.04. The Labute approximate surface area is 115 Å². The van der Waals surface area contributed by atoms with Crippen molar-refractivity contribution in [2.45, 2.75) is 37.6 Å². The largest absolute Gasteiger partial charge is 0.385 e. The lowest BCUT2D eigenvalue weighted by Crippen LogP contribution is -2.24. The number of hydrogen-bond acceptors (Lipinski definition) is 2. The summed E-state index contributed by atoms with van der Waals surface area (Å²) in [4.78, 5) is 0. The van der Waals surface area contributed by atoms with E-state index in [1.54, 1.807) is 7.11 Å². The van der Waals surface area contributed by atoms with Crippen LogP contribution in [0, 0.1) is 0 Å². The Hall–Kier alpha value is -0.570. The van der Waals surface area contributed by atoms with Crippen LogP contribution in [0.5, 0.6) is 0 Å². The number of ether oxygens (including phenoxy) is 1. The maximum absolute atomic E-state index is 6.30. The number of benzene rings is 1. The smallest absolute Gasteiger partial charge is 0.0462 e. The molecular weight excluding hydrogens is 246 g/mol. The fraction of sp³-hybridized carbons (Fsp3) is 0.600. The third-order valence-corrected chi connectivity index (χ3v) is 3.82. The van der Waals surface area contributed by atoms with Crippen LogP contribution in [-0.4, -0.2) is 26.3 Å². The highest BCUT2D eigenvalue weighted by Gasteiger charge is 2.23. The van der Waals surface area contributed by atoms with Crippen LogP contribution in [0.1, 0.15) is 37.2 Å². The van der Waals surface area contributed by atoms with E-state index in [4.69, 9.17) is 16.3 Å². The predicted molar refractivity (Wildman–Crippen MR) is 76.3 cm³/mol. The van der Waals surface area contributed by atoms with E-state index >= 15 is 0 Å². The van der Waals surface area contributed by atoms with E-state index in [1.807, 2.05) is 12.1 Å². The van der Waals surface area contributed by atoms with Crippen LogP contribution >= 0.6 is 11.6 Å². The normalized spacial score (nSPS) is 16.8. The SMILES string of the molecule is COCCCC(CNC1CC1)c1ccccc1Cl. The zero-order valence-corrected chi connectivity index (χ0v) is 11.7. The molecule has 3 heteroatoms. The first-order chi connectivity index (χ1) is 8.81. The molecule has 100 valence electrons. The van der Waals surface area contributed by atoms with Crippen molar-refractivity contribution in [3.05, 3.63) is 34.9 Å². The first kappa shape index (κ1) is 13.9. The van der Waals surface area contributed by atoms with Crippen LogP contribution in [0.15, 0.2) is 24.3 Å². The average Bonchev–Trinajstić information content (AvgIpc) is 3.19. The van der Waals surface area contributed by atoms with Gasteiger partial charge in [-0.2, -0.15) is 0 Å². The Balaban J connectivity index is 1.95. The molecule has 1 atom stereocenters. The summed E-state index contributed by atoms with van der Waals surface area (Å²) < 4.78 is 5.14. The average molecular weight is 268 g/mol. The standard InChI is InChI=1S/C15H22ClNO/c1-18-10-4-5-12(11-17-13-8-9-13)14-6-2-3-7-15(14)16/h2-3,6-7,12-13,17H,4-5,8-11H2,1H3. The summed E-state index contributed by atoms with van der Waals surface area (Å²) in [5, 5.41) is 4.50. The highest BCUT2D eigenvalue weighted by atomic mass is 35.5. The van der Waals surface area contributed by atoms with Gasteiger partial charge in [0.05, 0.1) is 0 Å². The summed E-state index contributed by atoms with van der Waals surface area (Å²) in [6.07, 6.45) is 4.86. The molecule has 0 radical (unpaired) electrons. The van der Waals surface area contributed by atoms with E-state index < -0.39 is 0 Å². The molecule has 2 rings (SSSR count). The van der Waals surface area contributed by atoms with E-state index in [0.717, 1.165) is 37.1 Å². The summed E-state index contributed by atoms with van der Waals surface area (Å²) >= 11 is 6.30. The quantitative estimate of drug-likeness (QED) is 0.727. The monoisotopic (exact) mass is 267 g/mol. The molecule has 1 N–H and O–H groups in total. The number of halogens is 1. The molecule has 1 aromatic carbocycles. The molecule has 1 aromatic rings. The number of rotatable bonds is 8. The van der Waals surface area contributed by atoms with Crippen molar-refractivity contribution >= 4 is 11.6 Å². The minimum Gasteiger partial charge on any atom is -0.385 e. The zero-order valence-electron chi connectivity index (χ0n) is 11.0. The van der Waals surface area contributed by atoms with Gasteiger partial charge in [0.25, 0.3) is 0 Å². The topological polar surface area (TPSA) is 21.3 Å². The third-order valence-electron chi connectivity index (χ3n) is 3.48. The van der Waals surface area contributed by atoms with Crippen LogP contribution in [0.3, 0.4) is 0 Å². The molecule has 1 unspecified atom stereocenters. The highest BCUT2D eigenvalue weighted by Crippen LogP contribution is 2.29. The van der Waals surface area contributed by atoms with Gasteiger partial charge < -0.3 is 10.1 Å². The molecule has 2 nitrogen and oxygen atoms in total. The van der Waals surface area contributed by atoms with Crippen molar-refractivity contribution in [3.63, 3.8) is 0 Å². The van der Waals surface area contributed by atoms with E-state index in [-0.39, 0.29) is 0 Å². The Morgan fingerprint density at radius 2 is 2.17 bits per heavy atom. The Kier molecular flexibility index (Phi) is 5.48. The number of methoxy groups -OCH3 is 1. The van der Waals surface area contributed by atoms with E-state index in [2.05, 4.69) is 17.4 Å². The van der Waals surface area contributed by atoms with E-state index in [9.17, 15) is 0 Å². The van der Waals surface area contributed by atoms with Crippen molar-refractivity contribution in [2.75, 3.05) is 20.3 Å². The summed E-state index contributed by atoms with van der Waals surface area (Å²) in [6.45, 7) is 1.85. The molecule has 0 heterocycles. The van der Waals surface area contributed by atoms with Gasteiger partial charge in [0.2, 0.25) is 0 Å². The molecule has 0 saturated heterocycles. The Bertz CT molecular complexity index is 365. The maximum Gasteiger partial charge on any atom is 0.0462 e. The predicted octanol–water partition coefficient (Wildman–Crippen LogP) is 3.60. The molecule has 0 aromatic heterocycles. The fourth-order valence-electron chi connectivity index (χ4n) is 2.24. The van der Waals surface area contributed by atoms with Crippen molar-refractivity contribution in [1.82, 2.24) is 5.32 Å². The summed E-state index contributed by atoms with van der Waals surface area (Å²) in [7, 11) is 1.76. The van der Waals surface area contributed by atoms with Gasteiger partial charge in [0.1, 0.15) is 0 Å². The molecule has 0 aliphatic heterocycles. The molecule has 0 amide bonds. The Morgan fingerprint density at radius 3 is 2.83 bits per heavy atom. The molecule has 1 saturated carbocycles. The van der Waals surface area contributed by atoms with Crippen molar-refractivity contribution in [2.24, 2.45) is 0 Å². The molecular formula is C15H22ClNO. The van der Waals surface area contributed by atoms with E-state index in [0.29, 0.717) is 5.92 Å². The van der Waals surface area contributed by atoms with Gasteiger partial charge in [-0.15, -0.1) is 0 Å². The lowest BCUT2D eigenvalue weighted by molar-refractivity contribution is 0.190. The summed E-state index contributed by atoms with van der Waals surface area (Å²) in [6, 6.07) is 8.94. The van der Waals surface area contributed by atoms with Gasteiger partial charge in [-0.05, 0) is 43.2 Å².